The van der Waals surface area contributed by atoms with Crippen molar-refractivity contribution in [2.24, 2.45) is 11.8 Å². The second-order valence-electron chi connectivity index (χ2n) is 14.3. The molecule has 1 amide bonds. The number of hydrogen-bond donors (Lipinski definition) is 3. The number of rotatable bonds is 7. The van der Waals surface area contributed by atoms with Crippen LogP contribution in [0.4, 0.5) is 0 Å². The Hall–Kier alpha value is -3.49. The van der Waals surface area contributed by atoms with Gasteiger partial charge in [-0.05, 0) is 40.9 Å². The number of nitrogens with one attached hydrogen (secondary N) is 2. The van der Waals surface area contributed by atoms with Gasteiger partial charge in [0.25, 0.3) is 0 Å². The number of epoxide rings is 1. The first-order valence-electron chi connectivity index (χ1n) is 16.8. The van der Waals surface area contributed by atoms with Crippen LogP contribution in [0.15, 0.2) is 58.3 Å². The third-order valence-corrected chi connectivity index (χ3v) is 10.0. The quantitative estimate of drug-likeness (QED) is 0.201. The van der Waals surface area contributed by atoms with Gasteiger partial charge in [0.15, 0.2) is 11.6 Å². The zero-order valence-electron chi connectivity index (χ0n) is 30.4. The molecule has 0 aromatic carbocycles. The van der Waals surface area contributed by atoms with Gasteiger partial charge >= 0.3 is 5.97 Å². The minimum Gasteiger partial charge on any atom is -0.476 e. The molecule has 13 nitrogen and oxygen atoms in total. The van der Waals surface area contributed by atoms with Crippen LogP contribution < -0.4 is 10.6 Å². The van der Waals surface area contributed by atoms with Crippen molar-refractivity contribution in [3.05, 3.63) is 58.3 Å². The van der Waals surface area contributed by atoms with Crippen LogP contribution in [0, 0.1) is 11.8 Å². The number of fused-ring (bicyclic) bond motifs is 5. The zero-order chi connectivity index (χ0) is 37.3. The molecule has 276 valence electrons. The van der Waals surface area contributed by atoms with Gasteiger partial charge in [0.1, 0.15) is 34.6 Å². The number of hydrogen-bond acceptors (Lipinski definition) is 12. The summed E-state index contributed by atoms with van der Waals surface area (Å²) in [5.41, 5.74) is -2.09. The molecule has 14 heteroatoms. The Morgan fingerprint density at radius 3 is 2.58 bits per heavy atom. The number of likely N-dealkylation sites (N-methyl/N-ethyl adjacent to an activating group) is 2. The molecule has 0 radical (unpaired) electrons. The monoisotopic (exact) mass is 718 g/mol. The number of amides is 1. The lowest BCUT2D eigenvalue weighted by Gasteiger charge is -2.44. The molecule has 3 heterocycles. The molecule has 1 aliphatic carbocycles. The van der Waals surface area contributed by atoms with E-state index in [0.29, 0.717) is 18.7 Å². The Morgan fingerprint density at radius 1 is 1.28 bits per heavy atom. The van der Waals surface area contributed by atoms with Crippen molar-refractivity contribution in [3.8, 4) is 0 Å². The summed E-state index contributed by atoms with van der Waals surface area (Å²) < 4.78 is 23.9. The van der Waals surface area contributed by atoms with Crippen LogP contribution in [0.1, 0.15) is 53.9 Å². The number of allylic oxidation sites excluding steroid dienone is 5. The fourth-order valence-corrected chi connectivity index (χ4v) is 6.88. The van der Waals surface area contributed by atoms with E-state index in [1.165, 1.54) is 14.2 Å². The summed E-state index contributed by atoms with van der Waals surface area (Å²) >= 11 is 6.60. The van der Waals surface area contributed by atoms with E-state index in [-0.39, 0.29) is 53.1 Å². The average molecular weight is 719 g/mol. The highest BCUT2D eigenvalue weighted by Crippen LogP contribution is 2.49. The van der Waals surface area contributed by atoms with E-state index in [4.69, 9.17) is 30.5 Å². The van der Waals surface area contributed by atoms with Gasteiger partial charge in [-0.15, -0.1) is 0 Å². The van der Waals surface area contributed by atoms with Crippen LogP contribution in [0.3, 0.4) is 0 Å². The lowest BCUT2D eigenvalue weighted by Crippen LogP contribution is -2.60. The second kappa shape index (κ2) is 15.4. The van der Waals surface area contributed by atoms with Crippen LogP contribution in [-0.4, -0.2) is 115 Å². The van der Waals surface area contributed by atoms with Crippen LogP contribution in [0.2, 0.25) is 0 Å². The molecule has 3 N–H and O–H groups in total. The summed E-state index contributed by atoms with van der Waals surface area (Å²) in [6.45, 7) is 13.6. The normalized spacial score (nSPS) is 34.2. The maximum absolute atomic E-state index is 14.2. The van der Waals surface area contributed by atoms with E-state index in [1.54, 1.807) is 45.9 Å². The topological polar surface area (TPSA) is 159 Å². The summed E-state index contributed by atoms with van der Waals surface area (Å²) in [5, 5.41) is 17.5. The first-order valence-corrected chi connectivity index (χ1v) is 17.2. The summed E-state index contributed by atoms with van der Waals surface area (Å²) in [6.07, 6.45) is 1.85. The van der Waals surface area contributed by atoms with Crippen LogP contribution >= 0.6 is 11.6 Å². The van der Waals surface area contributed by atoms with Crippen molar-refractivity contribution < 1.29 is 43.2 Å². The maximum Gasteiger partial charge on any atom is 0.308 e. The van der Waals surface area contributed by atoms with Crippen molar-refractivity contribution in [1.82, 2.24) is 20.4 Å². The van der Waals surface area contributed by atoms with Crippen LogP contribution in [0.5, 0.6) is 0 Å². The largest absolute Gasteiger partial charge is 0.476 e. The first-order chi connectivity index (χ1) is 23.3. The number of carbonyl (C=O) groups excluding carboxylic acids is 4. The third kappa shape index (κ3) is 8.18. The molecule has 4 bridgehead atoms. The van der Waals surface area contributed by atoms with Crippen LogP contribution in [-0.2, 0) is 38.1 Å². The Balaban J connectivity index is 1.82. The predicted octanol–water partition coefficient (Wildman–Crippen LogP) is 2.66. The predicted molar refractivity (Wildman–Crippen MR) is 186 cm³/mol. The molecular weight excluding hydrogens is 668 g/mol. The third-order valence-electron chi connectivity index (χ3n) is 9.69. The van der Waals surface area contributed by atoms with E-state index < -0.39 is 65.1 Å². The summed E-state index contributed by atoms with van der Waals surface area (Å²) in [5.74, 6) is -3.06. The average Bonchev–Trinajstić information content (AvgIpc) is 3.73. The Morgan fingerprint density at radius 2 is 1.96 bits per heavy atom. The molecule has 3 aliphatic heterocycles. The molecular formula is C36H51ClN4O9. The van der Waals surface area contributed by atoms with E-state index >= 15 is 0 Å². The maximum atomic E-state index is 14.2. The van der Waals surface area contributed by atoms with Crippen molar-refractivity contribution >= 4 is 35.0 Å². The van der Waals surface area contributed by atoms with Crippen LogP contribution in [0.25, 0.3) is 0 Å². The zero-order valence-corrected chi connectivity index (χ0v) is 31.2. The number of halogens is 1. The molecule has 2 fully saturated rings. The molecule has 7 unspecified atom stereocenters. The number of esters is 1. The fraction of sp³-hybridized carbons (Fsp3) is 0.611. The minimum atomic E-state index is -1.62. The van der Waals surface area contributed by atoms with Gasteiger partial charge in [0, 0.05) is 45.2 Å². The molecule has 7 atom stereocenters. The number of aliphatic hydroxyl groups is 1. The van der Waals surface area contributed by atoms with Crippen molar-refractivity contribution in [2.45, 2.75) is 89.6 Å². The summed E-state index contributed by atoms with van der Waals surface area (Å²) in [6, 6.07) is 0. The lowest BCUT2D eigenvalue weighted by molar-refractivity contribution is -0.159. The van der Waals surface area contributed by atoms with Gasteiger partial charge in [0.05, 0.1) is 24.1 Å². The highest BCUT2D eigenvalue weighted by atomic mass is 35.5. The molecule has 0 spiro atoms. The minimum absolute atomic E-state index is 0.0571. The highest BCUT2D eigenvalue weighted by Gasteiger charge is 2.64. The summed E-state index contributed by atoms with van der Waals surface area (Å²) in [7, 11) is 6.61. The van der Waals surface area contributed by atoms with Gasteiger partial charge in [-0.3, -0.25) is 19.2 Å². The highest BCUT2D eigenvalue weighted by molar-refractivity contribution is 6.49. The Kier molecular flexibility index (Phi) is 12.1. The number of carbonyl (C=O) groups is 4. The molecule has 0 aromatic rings. The van der Waals surface area contributed by atoms with Crippen molar-refractivity contribution in [3.63, 3.8) is 0 Å². The summed E-state index contributed by atoms with van der Waals surface area (Å²) in [4.78, 5) is 57.9. The Bertz CT molecular complexity index is 1530. The molecule has 0 saturated carbocycles. The molecule has 2 saturated heterocycles. The van der Waals surface area contributed by atoms with Gasteiger partial charge < -0.3 is 44.5 Å². The Labute approximate surface area is 299 Å². The molecule has 0 aromatic heterocycles. The van der Waals surface area contributed by atoms with E-state index in [9.17, 15) is 24.3 Å². The molecule has 50 heavy (non-hydrogen) atoms. The van der Waals surface area contributed by atoms with Crippen molar-refractivity contribution in [2.75, 3.05) is 41.3 Å². The number of ether oxygens (including phenoxy) is 4. The van der Waals surface area contributed by atoms with E-state index in [2.05, 4.69) is 17.2 Å². The van der Waals surface area contributed by atoms with Gasteiger partial charge in [-0.2, -0.15) is 0 Å². The van der Waals surface area contributed by atoms with Gasteiger partial charge in [0.2, 0.25) is 17.5 Å². The van der Waals surface area contributed by atoms with Gasteiger partial charge in [-0.25, -0.2) is 0 Å². The second-order valence-corrected chi connectivity index (χ2v) is 14.7. The van der Waals surface area contributed by atoms with Gasteiger partial charge in [-0.1, -0.05) is 56.2 Å². The SMILES string of the molecule is C=C1NC2(O)CC(O1)C(C)C1OC1(C)C(OC(=O)C(C)C)CC(=O)N(C)C1=C(Cl)C(=O)C(NCCN(C)C)=C(C/C(C)=C/C=C/C2OC)C1=O. The number of methoxy groups -OCH3 is 1. The first kappa shape index (κ1) is 39.3. The number of Topliss-reactive ketones (excluding diaryl/α,β-unsaturated/α-hetero) is 2. The van der Waals surface area contributed by atoms with E-state index in [0.717, 1.165) is 4.90 Å². The number of nitrogens with zero attached hydrogens (tertiary/aromatic N) is 2. The molecule has 4 rings (SSSR count). The number of ketones is 2. The molecule has 4 aliphatic rings. The van der Waals surface area contributed by atoms with Crippen molar-refractivity contribution in [1.29, 1.82) is 0 Å². The standard InChI is InChI=1S/C36H51ClN4O9/c1-19(2)34(45)49-26-17-27(42)41(9)30-28(37)32(44)29(38-14-15-40(7)8)23(31(30)43)16-20(3)12-11-13-25(47-10)36(46)18-24(48-22(5)39-36)21(4)33-35(26,6)50-33/h11-13,19,21,24-26,33,38-39,46H,5,14-18H2,1-4,6-10H3/b13-11+,20-12+. The lowest BCUT2D eigenvalue weighted by atomic mass is 9.83. The smallest absolute Gasteiger partial charge is 0.308 e. The fourth-order valence-electron chi connectivity index (χ4n) is 6.58. The van der Waals surface area contributed by atoms with E-state index in [1.807, 2.05) is 25.9 Å².